The summed E-state index contributed by atoms with van der Waals surface area (Å²) in [6.45, 7) is 0.938. The topological polar surface area (TPSA) is 92.5 Å². The molecule has 7 nitrogen and oxygen atoms in total. The van der Waals surface area contributed by atoms with Crippen molar-refractivity contribution in [2.45, 2.75) is 12.8 Å². The molecule has 2 heterocycles. The minimum Gasteiger partial charge on any atom is -0.486 e. The van der Waals surface area contributed by atoms with Crippen molar-refractivity contribution < 1.29 is 19.1 Å². The van der Waals surface area contributed by atoms with Gasteiger partial charge in [-0.2, -0.15) is 0 Å². The molecule has 0 radical (unpaired) electrons. The van der Waals surface area contributed by atoms with Crippen LogP contribution in [0.2, 0.25) is 0 Å². The minimum absolute atomic E-state index is 0.258. The van der Waals surface area contributed by atoms with Gasteiger partial charge in [0.25, 0.3) is 5.91 Å². The summed E-state index contributed by atoms with van der Waals surface area (Å²) in [4.78, 5) is 27.5. The van der Waals surface area contributed by atoms with Crippen LogP contribution in [0.25, 0.3) is 10.9 Å². The lowest BCUT2D eigenvalue weighted by atomic mass is 10.1. The van der Waals surface area contributed by atoms with Crippen LogP contribution in [0.5, 0.6) is 11.5 Å². The van der Waals surface area contributed by atoms with E-state index in [1.54, 1.807) is 18.2 Å². The fraction of sp³-hybridized carbons (Fsp3) is 0.200. The summed E-state index contributed by atoms with van der Waals surface area (Å²) in [7, 11) is 0. The van der Waals surface area contributed by atoms with Crippen molar-refractivity contribution in [3.8, 4) is 11.5 Å². The van der Waals surface area contributed by atoms with Gasteiger partial charge in [0.15, 0.2) is 11.5 Å². The molecular formula is C20H19N3O4. The predicted molar refractivity (Wildman–Crippen MR) is 99.7 cm³/mol. The summed E-state index contributed by atoms with van der Waals surface area (Å²) < 4.78 is 10.9. The molecule has 0 aliphatic carbocycles. The zero-order valence-electron chi connectivity index (χ0n) is 14.6. The number of aromatic amines is 1. The first kappa shape index (κ1) is 17.0. The minimum atomic E-state index is -0.410. The van der Waals surface area contributed by atoms with E-state index in [0.717, 1.165) is 16.5 Å². The molecule has 138 valence electrons. The zero-order valence-corrected chi connectivity index (χ0v) is 14.6. The average Bonchev–Trinajstić information content (AvgIpc) is 3.13. The van der Waals surface area contributed by atoms with Gasteiger partial charge in [0.1, 0.15) is 13.2 Å². The molecule has 0 saturated carbocycles. The SMILES string of the molecule is O=C(CCc1c[nH]c2ccccc12)NNC(=O)c1ccc2c(c1)OCCO2. The van der Waals surface area contributed by atoms with Crippen molar-refractivity contribution in [1.82, 2.24) is 15.8 Å². The van der Waals surface area contributed by atoms with Gasteiger partial charge in [0, 0.05) is 29.1 Å². The van der Waals surface area contributed by atoms with Crippen LogP contribution in [-0.2, 0) is 11.2 Å². The van der Waals surface area contributed by atoms with Gasteiger partial charge in [-0.1, -0.05) is 18.2 Å². The van der Waals surface area contributed by atoms with Gasteiger partial charge in [-0.3, -0.25) is 20.4 Å². The third kappa shape index (κ3) is 3.72. The van der Waals surface area contributed by atoms with Crippen molar-refractivity contribution in [1.29, 1.82) is 0 Å². The number of benzene rings is 2. The molecule has 0 atom stereocenters. The van der Waals surface area contributed by atoms with Crippen LogP contribution in [0.1, 0.15) is 22.3 Å². The summed E-state index contributed by atoms with van der Waals surface area (Å²) >= 11 is 0. The van der Waals surface area contributed by atoms with E-state index in [2.05, 4.69) is 15.8 Å². The van der Waals surface area contributed by atoms with Gasteiger partial charge < -0.3 is 14.5 Å². The number of carbonyl (C=O) groups excluding carboxylic acids is 2. The Morgan fingerprint density at radius 2 is 1.81 bits per heavy atom. The van der Waals surface area contributed by atoms with Crippen molar-refractivity contribution in [2.75, 3.05) is 13.2 Å². The molecule has 4 rings (SSSR count). The van der Waals surface area contributed by atoms with Crippen LogP contribution in [-0.4, -0.2) is 30.0 Å². The van der Waals surface area contributed by atoms with Gasteiger partial charge in [0.05, 0.1) is 0 Å². The number of amides is 2. The molecule has 7 heteroatoms. The lowest BCUT2D eigenvalue weighted by molar-refractivity contribution is -0.121. The van der Waals surface area contributed by atoms with Crippen molar-refractivity contribution in [3.05, 3.63) is 59.8 Å². The summed E-state index contributed by atoms with van der Waals surface area (Å²) in [5, 5.41) is 1.10. The fourth-order valence-corrected chi connectivity index (χ4v) is 3.03. The third-order valence-corrected chi connectivity index (χ3v) is 4.42. The summed E-state index contributed by atoms with van der Waals surface area (Å²) in [5.41, 5.74) is 7.38. The third-order valence-electron chi connectivity index (χ3n) is 4.42. The maximum absolute atomic E-state index is 12.2. The highest BCUT2D eigenvalue weighted by molar-refractivity contribution is 5.96. The van der Waals surface area contributed by atoms with Gasteiger partial charge in [-0.15, -0.1) is 0 Å². The van der Waals surface area contributed by atoms with Gasteiger partial charge in [-0.25, -0.2) is 0 Å². The molecule has 1 aliphatic heterocycles. The lowest BCUT2D eigenvalue weighted by Crippen LogP contribution is -2.41. The van der Waals surface area contributed by atoms with E-state index in [4.69, 9.17) is 9.47 Å². The van der Waals surface area contributed by atoms with Crippen molar-refractivity contribution in [3.63, 3.8) is 0 Å². The van der Waals surface area contributed by atoms with Crippen molar-refractivity contribution in [2.24, 2.45) is 0 Å². The normalized spacial score (nSPS) is 12.6. The molecule has 27 heavy (non-hydrogen) atoms. The quantitative estimate of drug-likeness (QED) is 0.619. The van der Waals surface area contributed by atoms with E-state index in [1.807, 2.05) is 30.5 Å². The number of fused-ring (bicyclic) bond motifs is 2. The Labute approximate surface area is 155 Å². The van der Waals surface area contributed by atoms with Gasteiger partial charge in [0.2, 0.25) is 5.91 Å². The van der Waals surface area contributed by atoms with Crippen molar-refractivity contribution >= 4 is 22.7 Å². The number of para-hydroxylation sites is 1. The van der Waals surface area contributed by atoms with E-state index in [0.29, 0.717) is 36.7 Å². The second-order valence-electron chi connectivity index (χ2n) is 6.22. The first-order valence-corrected chi connectivity index (χ1v) is 8.74. The number of carbonyl (C=O) groups is 2. The molecule has 1 aliphatic rings. The highest BCUT2D eigenvalue weighted by atomic mass is 16.6. The Hall–Kier alpha value is -3.48. The van der Waals surface area contributed by atoms with E-state index >= 15 is 0 Å². The highest BCUT2D eigenvalue weighted by Crippen LogP contribution is 2.30. The molecule has 0 fully saturated rings. The zero-order chi connectivity index (χ0) is 18.6. The number of hydrogen-bond acceptors (Lipinski definition) is 4. The monoisotopic (exact) mass is 365 g/mol. The molecule has 0 saturated heterocycles. The Balaban J connectivity index is 1.30. The fourth-order valence-electron chi connectivity index (χ4n) is 3.03. The molecule has 0 spiro atoms. The van der Waals surface area contributed by atoms with Crippen LogP contribution >= 0.6 is 0 Å². The number of hydrogen-bond donors (Lipinski definition) is 3. The molecule has 3 N–H and O–H groups in total. The molecular weight excluding hydrogens is 346 g/mol. The number of hydrazine groups is 1. The number of rotatable bonds is 4. The molecule has 2 aromatic carbocycles. The molecule has 2 amide bonds. The number of aryl methyl sites for hydroxylation is 1. The standard InChI is InChI=1S/C20H19N3O4/c24-19(8-6-14-12-21-16-4-2-1-3-15(14)16)22-23-20(25)13-5-7-17-18(11-13)27-10-9-26-17/h1-5,7,11-12,21H,6,8-10H2,(H,22,24)(H,23,25). The van der Waals surface area contributed by atoms with E-state index < -0.39 is 5.91 Å². The summed E-state index contributed by atoms with van der Waals surface area (Å²) in [6.07, 6.45) is 2.75. The van der Waals surface area contributed by atoms with E-state index in [9.17, 15) is 9.59 Å². The Kier molecular flexibility index (Phi) is 4.65. The Bertz CT molecular complexity index is 996. The summed E-state index contributed by atoms with van der Waals surface area (Å²) in [6, 6.07) is 12.8. The molecule has 3 aromatic rings. The summed E-state index contributed by atoms with van der Waals surface area (Å²) in [5.74, 6) is 0.471. The first-order chi connectivity index (χ1) is 13.2. The number of H-pyrrole nitrogens is 1. The molecule has 0 bridgehead atoms. The van der Waals surface area contributed by atoms with E-state index in [1.165, 1.54) is 0 Å². The van der Waals surface area contributed by atoms with Gasteiger partial charge in [-0.05, 0) is 36.2 Å². The number of nitrogens with one attached hydrogen (secondary N) is 3. The number of ether oxygens (including phenoxy) is 2. The van der Waals surface area contributed by atoms with Crippen LogP contribution < -0.4 is 20.3 Å². The number of aromatic nitrogens is 1. The van der Waals surface area contributed by atoms with Crippen LogP contribution in [0.3, 0.4) is 0 Å². The largest absolute Gasteiger partial charge is 0.486 e. The second-order valence-corrected chi connectivity index (χ2v) is 6.22. The van der Waals surface area contributed by atoms with Crippen LogP contribution in [0, 0.1) is 0 Å². The molecule has 0 unspecified atom stereocenters. The first-order valence-electron chi connectivity index (χ1n) is 8.74. The van der Waals surface area contributed by atoms with Crippen LogP contribution in [0.4, 0.5) is 0 Å². The molecule has 1 aromatic heterocycles. The Morgan fingerprint density at radius 3 is 2.70 bits per heavy atom. The maximum atomic E-state index is 12.2. The predicted octanol–water partition coefficient (Wildman–Crippen LogP) is 2.33. The Morgan fingerprint density at radius 1 is 1.00 bits per heavy atom. The second kappa shape index (κ2) is 7.41. The van der Waals surface area contributed by atoms with Gasteiger partial charge >= 0.3 is 0 Å². The highest BCUT2D eigenvalue weighted by Gasteiger charge is 2.15. The maximum Gasteiger partial charge on any atom is 0.269 e. The average molecular weight is 365 g/mol. The lowest BCUT2D eigenvalue weighted by Gasteiger charge is -2.18. The van der Waals surface area contributed by atoms with E-state index in [-0.39, 0.29) is 12.3 Å². The van der Waals surface area contributed by atoms with Crippen LogP contribution in [0.15, 0.2) is 48.7 Å². The smallest absolute Gasteiger partial charge is 0.269 e.